The Labute approximate surface area is 121 Å². The van der Waals surface area contributed by atoms with E-state index in [9.17, 15) is 14.7 Å². The molecule has 1 rings (SSSR count). The lowest BCUT2D eigenvalue weighted by Gasteiger charge is -2.26. The van der Waals surface area contributed by atoms with Gasteiger partial charge in [0.2, 0.25) is 5.91 Å². The Kier molecular flexibility index (Phi) is 4.74. The summed E-state index contributed by atoms with van der Waals surface area (Å²) in [6, 6.07) is 5.41. The largest absolute Gasteiger partial charge is 0.481 e. The van der Waals surface area contributed by atoms with E-state index in [0.29, 0.717) is 5.69 Å². The van der Waals surface area contributed by atoms with Crippen LogP contribution in [0.1, 0.15) is 26.3 Å². The van der Waals surface area contributed by atoms with Crippen molar-refractivity contribution in [2.75, 3.05) is 5.32 Å². The summed E-state index contributed by atoms with van der Waals surface area (Å²) in [6.45, 7) is 7.06. The van der Waals surface area contributed by atoms with E-state index in [0.717, 1.165) is 10.0 Å². The van der Waals surface area contributed by atoms with Gasteiger partial charge in [-0.15, -0.1) is 0 Å². The van der Waals surface area contributed by atoms with Gasteiger partial charge in [0.15, 0.2) is 0 Å². The Balaban J connectivity index is 3.01. The number of halogens is 1. The van der Waals surface area contributed by atoms with Crippen LogP contribution in [-0.4, -0.2) is 17.0 Å². The van der Waals surface area contributed by atoms with Crippen LogP contribution >= 0.6 is 15.9 Å². The quantitative estimate of drug-likeness (QED) is 0.835. The first-order chi connectivity index (χ1) is 8.64. The molecule has 0 bridgehead atoms. The minimum absolute atomic E-state index is 0.499. The fourth-order valence-corrected chi connectivity index (χ4v) is 2.19. The third-order valence-corrected chi connectivity index (χ3v) is 3.76. The summed E-state index contributed by atoms with van der Waals surface area (Å²) in [4.78, 5) is 23.4. The molecule has 0 radical (unpaired) electrons. The number of aliphatic carboxylic acids is 1. The number of amides is 1. The predicted molar refractivity (Wildman–Crippen MR) is 78.1 cm³/mol. The Morgan fingerprint density at radius 3 is 2.37 bits per heavy atom. The van der Waals surface area contributed by atoms with E-state index in [-0.39, 0.29) is 0 Å². The zero-order valence-corrected chi connectivity index (χ0v) is 13.0. The van der Waals surface area contributed by atoms with Gasteiger partial charge in [-0.1, -0.05) is 42.8 Å². The fourth-order valence-electron chi connectivity index (χ4n) is 1.82. The molecule has 1 amide bonds. The van der Waals surface area contributed by atoms with Crippen LogP contribution in [0.15, 0.2) is 22.7 Å². The highest BCUT2D eigenvalue weighted by Gasteiger charge is 2.37. The third-order valence-electron chi connectivity index (χ3n) is 2.90. The minimum atomic E-state index is -1.11. The molecule has 0 aromatic heterocycles. The first-order valence-electron chi connectivity index (χ1n) is 5.93. The predicted octanol–water partition coefficient (Wildman–Crippen LogP) is 3.44. The summed E-state index contributed by atoms with van der Waals surface area (Å²) in [6.07, 6.45) is 0. The van der Waals surface area contributed by atoms with Crippen molar-refractivity contribution in [1.82, 2.24) is 0 Å². The van der Waals surface area contributed by atoms with Gasteiger partial charge in [-0.2, -0.15) is 0 Å². The lowest BCUT2D eigenvalue weighted by Crippen LogP contribution is -2.39. The third kappa shape index (κ3) is 3.80. The molecule has 0 saturated carbocycles. The highest BCUT2D eigenvalue weighted by Crippen LogP contribution is 2.29. The van der Waals surface area contributed by atoms with Gasteiger partial charge in [0.05, 0.1) is 0 Å². The standard InChI is InChI=1S/C14H18BrNO3/c1-8-9(15)6-5-7-10(8)16-12(17)11(13(18)19)14(2,3)4/h5-7,11H,1-4H3,(H,16,17)(H,18,19). The number of hydrogen-bond acceptors (Lipinski definition) is 2. The average Bonchev–Trinajstić information content (AvgIpc) is 2.22. The molecule has 1 atom stereocenters. The molecule has 0 aliphatic rings. The van der Waals surface area contributed by atoms with Crippen LogP contribution in [0.4, 0.5) is 5.69 Å². The van der Waals surface area contributed by atoms with E-state index < -0.39 is 23.2 Å². The number of carbonyl (C=O) groups is 2. The van der Waals surface area contributed by atoms with Crippen molar-refractivity contribution in [3.8, 4) is 0 Å². The number of rotatable bonds is 3. The Morgan fingerprint density at radius 1 is 1.32 bits per heavy atom. The lowest BCUT2D eigenvalue weighted by molar-refractivity contribution is -0.149. The van der Waals surface area contributed by atoms with Crippen LogP contribution in [-0.2, 0) is 9.59 Å². The molecule has 0 spiro atoms. The number of hydrogen-bond donors (Lipinski definition) is 2. The van der Waals surface area contributed by atoms with Gasteiger partial charge in [-0.05, 0) is 30.0 Å². The van der Waals surface area contributed by atoms with Crippen molar-refractivity contribution in [1.29, 1.82) is 0 Å². The van der Waals surface area contributed by atoms with Gasteiger partial charge in [-0.3, -0.25) is 9.59 Å². The molecular formula is C14H18BrNO3. The van der Waals surface area contributed by atoms with E-state index in [1.807, 2.05) is 13.0 Å². The average molecular weight is 328 g/mol. The van der Waals surface area contributed by atoms with Crippen molar-refractivity contribution in [3.63, 3.8) is 0 Å². The van der Waals surface area contributed by atoms with Crippen molar-refractivity contribution < 1.29 is 14.7 Å². The van der Waals surface area contributed by atoms with E-state index in [4.69, 9.17) is 0 Å². The maximum atomic E-state index is 12.2. The van der Waals surface area contributed by atoms with Gasteiger partial charge in [0.1, 0.15) is 5.92 Å². The molecule has 0 aliphatic carbocycles. The number of anilines is 1. The molecular weight excluding hydrogens is 310 g/mol. The number of carbonyl (C=O) groups excluding carboxylic acids is 1. The second-order valence-electron chi connectivity index (χ2n) is 5.54. The van der Waals surface area contributed by atoms with Crippen molar-refractivity contribution in [2.45, 2.75) is 27.7 Å². The zero-order valence-electron chi connectivity index (χ0n) is 11.5. The van der Waals surface area contributed by atoms with Crippen molar-refractivity contribution >= 4 is 33.5 Å². The molecule has 5 heteroatoms. The van der Waals surface area contributed by atoms with Gasteiger partial charge < -0.3 is 10.4 Å². The first-order valence-corrected chi connectivity index (χ1v) is 6.72. The second kappa shape index (κ2) is 5.74. The molecule has 0 heterocycles. The van der Waals surface area contributed by atoms with Crippen molar-refractivity contribution in [2.24, 2.45) is 11.3 Å². The summed E-state index contributed by atoms with van der Waals surface area (Å²) in [7, 11) is 0. The van der Waals surface area contributed by atoms with Crippen LogP contribution in [0, 0.1) is 18.3 Å². The van der Waals surface area contributed by atoms with Crippen LogP contribution in [0.2, 0.25) is 0 Å². The molecule has 0 aliphatic heterocycles. The number of nitrogens with one attached hydrogen (secondary N) is 1. The summed E-state index contributed by atoms with van der Waals surface area (Å²) >= 11 is 3.37. The van der Waals surface area contributed by atoms with Gasteiger partial charge in [0, 0.05) is 10.2 Å². The maximum absolute atomic E-state index is 12.2. The summed E-state index contributed by atoms with van der Waals surface area (Å²) < 4.78 is 0.868. The second-order valence-corrected chi connectivity index (χ2v) is 6.39. The zero-order chi connectivity index (χ0) is 14.8. The molecule has 4 nitrogen and oxygen atoms in total. The molecule has 1 aromatic carbocycles. The maximum Gasteiger partial charge on any atom is 0.316 e. The molecule has 0 fully saturated rings. The number of carboxylic acids is 1. The fraction of sp³-hybridized carbons (Fsp3) is 0.429. The summed E-state index contributed by atoms with van der Waals surface area (Å²) in [5.74, 6) is -2.70. The topological polar surface area (TPSA) is 66.4 Å². The Bertz CT molecular complexity index is 506. The van der Waals surface area contributed by atoms with E-state index >= 15 is 0 Å². The normalized spacial score (nSPS) is 12.9. The van der Waals surface area contributed by atoms with Crippen LogP contribution in [0.5, 0.6) is 0 Å². The molecule has 1 aromatic rings. The van der Waals surface area contributed by atoms with Gasteiger partial charge >= 0.3 is 5.97 Å². The highest BCUT2D eigenvalue weighted by atomic mass is 79.9. The van der Waals surface area contributed by atoms with Crippen LogP contribution in [0.25, 0.3) is 0 Å². The number of carboxylic acid groups (broad SMARTS) is 1. The Morgan fingerprint density at radius 2 is 1.89 bits per heavy atom. The van der Waals surface area contributed by atoms with Crippen LogP contribution < -0.4 is 5.32 Å². The highest BCUT2D eigenvalue weighted by molar-refractivity contribution is 9.10. The minimum Gasteiger partial charge on any atom is -0.481 e. The van der Waals surface area contributed by atoms with E-state index in [1.165, 1.54) is 0 Å². The van der Waals surface area contributed by atoms with E-state index in [1.54, 1.807) is 32.9 Å². The first kappa shape index (κ1) is 15.7. The van der Waals surface area contributed by atoms with Crippen molar-refractivity contribution in [3.05, 3.63) is 28.2 Å². The Hall–Kier alpha value is -1.36. The molecule has 2 N–H and O–H groups in total. The molecule has 19 heavy (non-hydrogen) atoms. The van der Waals surface area contributed by atoms with Gasteiger partial charge in [-0.25, -0.2) is 0 Å². The molecule has 0 saturated heterocycles. The summed E-state index contributed by atoms with van der Waals surface area (Å²) in [5.41, 5.74) is 0.847. The summed E-state index contributed by atoms with van der Waals surface area (Å²) in [5, 5.41) is 11.9. The molecule has 1 unspecified atom stereocenters. The van der Waals surface area contributed by atoms with Crippen LogP contribution in [0.3, 0.4) is 0 Å². The monoisotopic (exact) mass is 327 g/mol. The van der Waals surface area contributed by atoms with E-state index in [2.05, 4.69) is 21.2 Å². The smallest absolute Gasteiger partial charge is 0.316 e. The number of benzene rings is 1. The SMILES string of the molecule is Cc1c(Br)cccc1NC(=O)C(C(=O)O)C(C)(C)C. The molecule has 104 valence electrons. The van der Waals surface area contributed by atoms with Gasteiger partial charge in [0.25, 0.3) is 0 Å². The lowest BCUT2D eigenvalue weighted by atomic mass is 9.80.